The Balaban J connectivity index is 1.25. The lowest BCUT2D eigenvalue weighted by molar-refractivity contribution is -0.144. The Morgan fingerprint density at radius 3 is 1.65 bits per heavy atom. The average Bonchev–Trinajstić information content (AvgIpc) is 1.75. The van der Waals surface area contributed by atoms with E-state index in [1.165, 1.54) is 83.2 Å². The maximum Gasteiger partial charge on any atom is 0.265 e. The van der Waals surface area contributed by atoms with Gasteiger partial charge in [0.1, 0.15) is 24.2 Å². The summed E-state index contributed by atoms with van der Waals surface area (Å²) in [6, 6.07) is 11.0. The van der Waals surface area contributed by atoms with Gasteiger partial charge in [-0.25, -0.2) is 10.4 Å². The van der Waals surface area contributed by atoms with Crippen LogP contribution in [-0.4, -0.2) is 155 Å². The van der Waals surface area contributed by atoms with Crippen LogP contribution in [0, 0.1) is 0 Å². The molecule has 0 radical (unpaired) electrons. The van der Waals surface area contributed by atoms with Gasteiger partial charge in [-0.1, -0.05) is 165 Å². The molecule has 27 heteroatoms. The number of H-pyrrole nitrogens is 2. The molecule has 0 spiro atoms. The molecular formula is C68H107N17O10. The van der Waals surface area contributed by atoms with Gasteiger partial charge in [-0.05, 0) is 55.7 Å². The molecule has 27 nitrogen and oxygen atoms in total. The number of guanidine groups is 1. The van der Waals surface area contributed by atoms with E-state index in [-0.39, 0.29) is 69.5 Å². The lowest BCUT2D eigenvalue weighted by Crippen LogP contribution is -2.59. The topological polar surface area (TPSA) is 409 Å². The number of aromatic amines is 2. The molecule has 0 aliphatic carbocycles. The van der Waals surface area contributed by atoms with Crippen molar-refractivity contribution in [3.63, 3.8) is 0 Å². The Hall–Kier alpha value is -8.43. The molecule has 17 N–H and O–H groups in total. The molecule has 9 amide bonds. The number of ether oxygens (including phenoxy) is 1. The number of primary amides is 1. The van der Waals surface area contributed by atoms with Gasteiger partial charge in [0.25, 0.3) is 11.8 Å². The second-order valence-electron chi connectivity index (χ2n) is 24.5. The van der Waals surface area contributed by atoms with Crippen molar-refractivity contribution in [2.45, 2.75) is 224 Å². The van der Waals surface area contributed by atoms with Crippen LogP contribution in [-0.2, 0) is 67.2 Å². The summed E-state index contributed by atoms with van der Waals surface area (Å²) in [6.45, 7) is 4.76. The third-order valence-corrected chi connectivity index (χ3v) is 16.5. The van der Waals surface area contributed by atoms with Crippen LogP contribution in [0.3, 0.4) is 0 Å². The molecular weight excluding hydrogens is 1210 g/mol. The first-order valence-electron chi connectivity index (χ1n) is 34.4. The van der Waals surface area contributed by atoms with Crippen molar-refractivity contribution >= 4 is 70.0 Å². The predicted octanol–water partition coefficient (Wildman–Crippen LogP) is 3.97. The summed E-state index contributed by atoms with van der Waals surface area (Å²) in [5, 5.41) is 24.3. The van der Waals surface area contributed by atoms with Crippen molar-refractivity contribution < 1.29 is 47.9 Å². The predicted molar refractivity (Wildman–Crippen MR) is 365 cm³/mol. The zero-order chi connectivity index (χ0) is 68.4. The van der Waals surface area contributed by atoms with Crippen LogP contribution in [0.15, 0.2) is 78.3 Å². The number of aliphatic imine (C=N–C) groups is 1. The minimum atomic E-state index is -1.53. The number of fused-ring (bicyclic) bond motifs is 1. The fraction of sp³-hybridized carbons (Fsp3) is 0.603. The van der Waals surface area contributed by atoms with Crippen LogP contribution >= 0.6 is 0 Å². The standard InChI is InChI=1S/C68H107N17O10/c1-3-5-7-9-11-13-15-17-22-34-57(86)73-37-27-39-75-64(93)66-84-85(67(95-66)65(94)76-40-28-38-74-58(87)35-23-18-16-14-12-10-8-6-4-2)46-59(88)80-56(43-50-45-72-47-79-50)63(92)83-55(41-48-29-20-19-21-30-48)62(91)81-53(33-26-36-77-68(70)71)61(90)82-54(60(69)89)42-49-44-78-52-32-25-24-31-51(49)52/h19-21,24-25,29-32,44-45,47,53-56,66-67,78,84H,3-18,22-23,26-28,33-43,46H2,1-2H3,(H2,69,89)(H,72,79)(H,73,86)(H,74,87)(H,75,93)(H,76,94)(H,80,88)(H,81,91)(H,82,90)(H,83,92)(H4,70,71,77)/t53-,54-,55+,56-,66?,67?/m0/s1. The fourth-order valence-electron chi connectivity index (χ4n) is 11.1. The van der Waals surface area contributed by atoms with Crippen molar-refractivity contribution in [3.05, 3.63) is 90.1 Å². The molecule has 1 aliphatic heterocycles. The van der Waals surface area contributed by atoms with Crippen molar-refractivity contribution in [1.29, 1.82) is 0 Å². The number of nitrogens with two attached hydrogens (primary N) is 3. The first kappa shape index (κ1) is 77.3. The Morgan fingerprint density at radius 1 is 0.547 bits per heavy atom. The van der Waals surface area contributed by atoms with E-state index in [4.69, 9.17) is 21.9 Å². The normalized spacial score (nSPS) is 15.0. The van der Waals surface area contributed by atoms with Crippen LogP contribution < -0.4 is 65.2 Å². The van der Waals surface area contributed by atoms with Crippen LogP contribution in [0.5, 0.6) is 0 Å². The molecule has 4 aromatic rings. The maximum absolute atomic E-state index is 14.7. The summed E-state index contributed by atoms with van der Waals surface area (Å²) >= 11 is 0. The Morgan fingerprint density at radius 2 is 1.07 bits per heavy atom. The number of hydrazine groups is 1. The molecule has 6 atom stereocenters. The van der Waals surface area contributed by atoms with Gasteiger partial charge in [-0.15, -0.1) is 0 Å². The van der Waals surface area contributed by atoms with Gasteiger partial charge in [0.2, 0.25) is 53.8 Å². The summed E-state index contributed by atoms with van der Waals surface area (Å²) < 4.78 is 5.98. The molecule has 1 saturated heterocycles. The third kappa shape index (κ3) is 30.7. The van der Waals surface area contributed by atoms with E-state index in [9.17, 15) is 43.2 Å². The van der Waals surface area contributed by atoms with Gasteiger partial charge in [0.05, 0.1) is 12.9 Å². The Bertz CT molecular complexity index is 2980. The first-order valence-corrected chi connectivity index (χ1v) is 34.4. The van der Waals surface area contributed by atoms with Gasteiger partial charge in [-0.2, -0.15) is 5.01 Å². The quantitative estimate of drug-likeness (QED) is 0.0169. The molecule has 95 heavy (non-hydrogen) atoms. The van der Waals surface area contributed by atoms with Crippen molar-refractivity contribution in [1.82, 2.24) is 67.9 Å². The number of hydrogen-bond acceptors (Lipinski definition) is 14. The highest BCUT2D eigenvalue weighted by molar-refractivity contribution is 5.96. The number of unbranched alkanes of at least 4 members (excludes halogenated alkanes) is 16. The number of para-hydroxylation sites is 1. The number of nitrogens with one attached hydrogen (secondary N) is 11. The smallest absolute Gasteiger partial charge is 0.265 e. The monoisotopic (exact) mass is 1320 g/mol. The van der Waals surface area contributed by atoms with Crippen LogP contribution in [0.2, 0.25) is 0 Å². The molecule has 2 aromatic heterocycles. The Kier molecular flexibility index (Phi) is 36.6. The van der Waals surface area contributed by atoms with E-state index < -0.39 is 84.5 Å². The zero-order valence-corrected chi connectivity index (χ0v) is 55.9. The summed E-state index contributed by atoms with van der Waals surface area (Å²) in [7, 11) is 0. The van der Waals surface area contributed by atoms with Gasteiger partial charge < -0.3 is 74.4 Å². The van der Waals surface area contributed by atoms with Gasteiger partial charge >= 0.3 is 0 Å². The number of nitrogens with zero attached hydrogens (tertiary/aromatic N) is 3. The number of carbonyl (C=O) groups excluding carboxylic acids is 9. The zero-order valence-electron chi connectivity index (χ0n) is 55.9. The second-order valence-corrected chi connectivity index (χ2v) is 24.5. The molecule has 5 rings (SSSR count). The van der Waals surface area contributed by atoms with Gasteiger partial charge in [-0.3, -0.25) is 48.1 Å². The van der Waals surface area contributed by atoms with Crippen molar-refractivity contribution in [3.8, 4) is 0 Å². The third-order valence-electron chi connectivity index (χ3n) is 16.5. The van der Waals surface area contributed by atoms with Gasteiger partial charge in [0.15, 0.2) is 5.96 Å². The number of rotatable bonds is 50. The van der Waals surface area contributed by atoms with Crippen LogP contribution in [0.25, 0.3) is 10.9 Å². The summed E-state index contributed by atoms with van der Waals surface area (Å²) in [6.07, 6.45) is 23.7. The molecule has 0 bridgehead atoms. The number of amides is 9. The van der Waals surface area contributed by atoms with E-state index in [0.717, 1.165) is 66.4 Å². The molecule has 1 fully saturated rings. The summed E-state index contributed by atoms with van der Waals surface area (Å²) in [5.74, 6) is -5.62. The Labute approximate surface area is 559 Å². The highest BCUT2D eigenvalue weighted by Crippen LogP contribution is 2.20. The van der Waals surface area contributed by atoms with E-state index in [1.807, 2.05) is 24.3 Å². The van der Waals surface area contributed by atoms with E-state index in [1.54, 1.807) is 36.5 Å². The number of benzene rings is 2. The van der Waals surface area contributed by atoms with Crippen LogP contribution in [0.4, 0.5) is 0 Å². The largest absolute Gasteiger partial charge is 0.370 e. The lowest BCUT2D eigenvalue weighted by atomic mass is 10.0. The van der Waals surface area contributed by atoms with Gasteiger partial charge in [0, 0.05) is 93.8 Å². The second kappa shape index (κ2) is 45.0. The minimum absolute atomic E-state index is 0.00986. The highest BCUT2D eigenvalue weighted by atomic mass is 16.6. The van der Waals surface area contributed by atoms with E-state index in [0.29, 0.717) is 50.0 Å². The molecule has 3 heterocycles. The number of aromatic nitrogens is 3. The minimum Gasteiger partial charge on any atom is -0.370 e. The maximum atomic E-state index is 14.7. The molecule has 1 aliphatic rings. The van der Waals surface area contributed by atoms with Crippen LogP contribution in [0.1, 0.15) is 185 Å². The SMILES string of the molecule is CCCCCCCCCCCC(=O)NCCCNC(=O)C1NN(CC(=O)N[C@@H](Cc2cnc[nH]2)C(=O)N[C@H](Cc2ccccc2)C(=O)N[C@@H](CCCN=C(N)N)C(=O)N[C@@H](Cc2c[nH]c3ccccc23)C(N)=O)C(C(=O)NCCCNC(=O)CCCCCCCCCCC)O1. The van der Waals surface area contributed by atoms with E-state index >= 15 is 0 Å². The number of carbonyl (C=O) groups is 9. The molecule has 2 unspecified atom stereocenters. The molecule has 524 valence electrons. The molecule has 2 aromatic carbocycles. The fourth-order valence-corrected chi connectivity index (χ4v) is 11.1. The first-order chi connectivity index (χ1) is 46.0. The molecule has 0 saturated carbocycles. The van der Waals surface area contributed by atoms with Crippen molar-refractivity contribution in [2.24, 2.45) is 22.2 Å². The van der Waals surface area contributed by atoms with Crippen molar-refractivity contribution in [2.75, 3.05) is 39.3 Å². The highest BCUT2D eigenvalue weighted by Gasteiger charge is 2.42. The summed E-state index contributed by atoms with van der Waals surface area (Å²) in [4.78, 5) is 138. The lowest BCUT2D eigenvalue weighted by Gasteiger charge is -2.27. The van der Waals surface area contributed by atoms with E-state index in [2.05, 4.69) is 81.8 Å². The number of hydrogen-bond donors (Lipinski definition) is 14. The average molecular weight is 1320 g/mol. The number of imidazole rings is 1. The summed E-state index contributed by atoms with van der Waals surface area (Å²) in [5.41, 5.74) is 22.5.